The molecule has 0 aromatic rings. The van der Waals surface area contributed by atoms with Crippen molar-refractivity contribution in [2.45, 2.75) is 25.7 Å². The Morgan fingerprint density at radius 3 is 2.95 bits per heavy atom. The van der Waals surface area contributed by atoms with E-state index in [2.05, 4.69) is 30.4 Å². The summed E-state index contributed by atoms with van der Waals surface area (Å²) >= 11 is 0. The highest BCUT2D eigenvalue weighted by atomic mass is 16.5. The van der Waals surface area contributed by atoms with Crippen molar-refractivity contribution in [1.29, 1.82) is 0 Å². The summed E-state index contributed by atoms with van der Waals surface area (Å²) in [6.45, 7) is 0.521. The first kappa shape index (κ1) is 11.1. The van der Waals surface area contributed by atoms with Crippen LogP contribution >= 0.6 is 0 Å². The molecule has 4 rings (SSSR count). The molecule has 0 atom stereocenters. The van der Waals surface area contributed by atoms with Crippen LogP contribution in [0.25, 0.3) is 0 Å². The van der Waals surface area contributed by atoms with Crippen molar-refractivity contribution in [1.82, 2.24) is 5.06 Å². The van der Waals surface area contributed by atoms with Gasteiger partial charge in [0.15, 0.2) is 0 Å². The molecule has 0 radical (unpaired) electrons. The molecule has 1 aliphatic heterocycles. The highest BCUT2D eigenvalue weighted by Gasteiger charge is 2.26. The van der Waals surface area contributed by atoms with E-state index in [1.54, 1.807) is 6.20 Å². The zero-order valence-corrected chi connectivity index (χ0v) is 10.9. The third-order valence-electron chi connectivity index (χ3n) is 4.33. The predicted molar refractivity (Wildman–Crippen MR) is 77.0 cm³/mol. The fraction of sp³-hybridized carbons (Fsp3) is 0.294. The predicted octanol–water partition coefficient (Wildman–Crippen LogP) is 3.92. The summed E-state index contributed by atoms with van der Waals surface area (Å²) in [5, 5.41) is 13.0. The van der Waals surface area contributed by atoms with Crippen LogP contribution in [0.15, 0.2) is 70.0 Å². The van der Waals surface area contributed by atoms with Crippen molar-refractivity contribution >= 4 is 0 Å². The van der Waals surface area contributed by atoms with Gasteiger partial charge in [0.05, 0.1) is 0 Å². The Kier molecular flexibility index (Phi) is 2.39. The summed E-state index contributed by atoms with van der Waals surface area (Å²) in [7, 11) is 0. The molecule has 0 saturated carbocycles. The van der Waals surface area contributed by atoms with Crippen LogP contribution in [0.5, 0.6) is 0 Å². The van der Waals surface area contributed by atoms with Crippen LogP contribution in [0.3, 0.4) is 0 Å². The Morgan fingerprint density at radius 2 is 2.00 bits per heavy atom. The molecule has 0 amide bonds. The lowest BCUT2D eigenvalue weighted by Crippen LogP contribution is -2.22. The minimum atomic E-state index is 0.521. The standard InChI is InChI=1S/C17H16NO/c19-18-10-14-6-3-5-13-9-8-12-4-1-2-7-15(12)16(11-18)17(13)14/h2-3,5,7,9,11H,1,4,6,8,10H2/q-1. The van der Waals surface area contributed by atoms with Crippen LogP contribution in [-0.2, 0) is 0 Å². The quantitative estimate of drug-likeness (QED) is 0.651. The smallest absolute Gasteiger partial charge is 0.0282 e. The number of fused-ring (bicyclic) bond motifs is 1. The van der Waals surface area contributed by atoms with E-state index >= 15 is 0 Å². The van der Waals surface area contributed by atoms with Gasteiger partial charge in [0.1, 0.15) is 0 Å². The number of hydroxylamine groups is 2. The van der Waals surface area contributed by atoms with E-state index in [0.29, 0.717) is 6.54 Å². The van der Waals surface area contributed by atoms with Crippen molar-refractivity contribution in [2.75, 3.05) is 6.54 Å². The number of allylic oxidation sites excluding steroid dienone is 10. The first-order valence-electron chi connectivity index (χ1n) is 6.97. The van der Waals surface area contributed by atoms with Gasteiger partial charge in [-0.1, -0.05) is 36.0 Å². The lowest BCUT2D eigenvalue weighted by atomic mass is 9.82. The van der Waals surface area contributed by atoms with Gasteiger partial charge < -0.3 is 10.3 Å². The third kappa shape index (κ3) is 1.67. The van der Waals surface area contributed by atoms with Gasteiger partial charge in [-0.3, -0.25) is 0 Å². The maximum atomic E-state index is 11.9. The van der Waals surface area contributed by atoms with Crippen molar-refractivity contribution in [3.8, 4) is 0 Å². The van der Waals surface area contributed by atoms with Crippen molar-refractivity contribution in [2.24, 2.45) is 0 Å². The van der Waals surface area contributed by atoms with Crippen LogP contribution in [-0.4, -0.2) is 11.6 Å². The molecular formula is C17H16NO-. The van der Waals surface area contributed by atoms with Gasteiger partial charge in [-0.2, -0.15) is 0 Å². The van der Waals surface area contributed by atoms with Crippen molar-refractivity contribution in [3.63, 3.8) is 0 Å². The fourth-order valence-corrected chi connectivity index (χ4v) is 3.46. The summed E-state index contributed by atoms with van der Waals surface area (Å²) in [6, 6.07) is 0. The Hall–Kier alpha value is -1.80. The number of nitrogens with zero attached hydrogens (tertiary/aromatic N) is 1. The lowest BCUT2D eigenvalue weighted by Gasteiger charge is -2.37. The Labute approximate surface area is 113 Å². The second-order valence-electron chi connectivity index (χ2n) is 5.52. The van der Waals surface area contributed by atoms with Gasteiger partial charge in [0, 0.05) is 12.1 Å². The van der Waals surface area contributed by atoms with Crippen LogP contribution in [0.1, 0.15) is 25.7 Å². The van der Waals surface area contributed by atoms with E-state index in [4.69, 9.17) is 0 Å². The molecule has 96 valence electrons. The summed E-state index contributed by atoms with van der Waals surface area (Å²) in [4.78, 5) is 0. The average molecular weight is 250 g/mol. The molecule has 1 heterocycles. The molecule has 19 heavy (non-hydrogen) atoms. The molecule has 0 unspecified atom stereocenters. The second-order valence-corrected chi connectivity index (χ2v) is 5.52. The Balaban J connectivity index is 1.95. The van der Waals surface area contributed by atoms with Gasteiger partial charge in [-0.15, -0.1) is 0 Å². The summed E-state index contributed by atoms with van der Waals surface area (Å²) in [5.41, 5.74) is 7.82. The Morgan fingerprint density at radius 1 is 1.05 bits per heavy atom. The zero-order valence-electron chi connectivity index (χ0n) is 10.9. The van der Waals surface area contributed by atoms with E-state index in [1.165, 1.54) is 27.9 Å². The van der Waals surface area contributed by atoms with Gasteiger partial charge in [-0.25, -0.2) is 0 Å². The molecule has 0 saturated heterocycles. The number of rotatable bonds is 0. The molecule has 3 aliphatic carbocycles. The molecule has 0 N–H and O–H groups in total. The van der Waals surface area contributed by atoms with Crippen LogP contribution in [0.4, 0.5) is 0 Å². The van der Waals surface area contributed by atoms with Crippen LogP contribution in [0.2, 0.25) is 0 Å². The minimum absolute atomic E-state index is 0.521. The maximum Gasteiger partial charge on any atom is 0.0282 e. The van der Waals surface area contributed by atoms with Gasteiger partial charge in [0.2, 0.25) is 0 Å². The van der Waals surface area contributed by atoms with Gasteiger partial charge in [0.25, 0.3) is 0 Å². The second kappa shape index (κ2) is 4.10. The molecule has 0 spiro atoms. The minimum Gasteiger partial charge on any atom is -0.758 e. The highest BCUT2D eigenvalue weighted by Crippen LogP contribution is 2.43. The largest absolute Gasteiger partial charge is 0.758 e. The third-order valence-corrected chi connectivity index (χ3v) is 4.33. The van der Waals surface area contributed by atoms with E-state index in [1.807, 2.05) is 0 Å². The molecule has 0 aromatic carbocycles. The monoisotopic (exact) mass is 250 g/mol. The molecule has 2 nitrogen and oxygen atoms in total. The number of hydrogen-bond acceptors (Lipinski definition) is 2. The molecule has 4 aliphatic rings. The number of hydrogen-bond donors (Lipinski definition) is 0. The van der Waals surface area contributed by atoms with Gasteiger partial charge in [-0.05, 0) is 54.2 Å². The molecule has 0 fully saturated rings. The summed E-state index contributed by atoms with van der Waals surface area (Å²) in [6.07, 6.45) is 17.1. The van der Waals surface area contributed by atoms with Crippen molar-refractivity contribution < 1.29 is 0 Å². The van der Waals surface area contributed by atoms with E-state index in [9.17, 15) is 5.21 Å². The average Bonchev–Trinajstić information content (AvgIpc) is 2.59. The van der Waals surface area contributed by atoms with E-state index < -0.39 is 0 Å². The Bertz CT molecular complexity index is 626. The fourth-order valence-electron chi connectivity index (χ4n) is 3.46. The normalized spacial score (nSPS) is 24.8. The molecule has 0 aromatic heterocycles. The topological polar surface area (TPSA) is 26.3 Å². The lowest BCUT2D eigenvalue weighted by molar-refractivity contribution is 0.533. The first-order chi connectivity index (χ1) is 9.33. The summed E-state index contributed by atoms with van der Waals surface area (Å²) < 4.78 is 0. The molecule has 2 heteroatoms. The SMILES string of the molecule is [O-]N1C=C2C3=C(CC=C4C=CCC(=C42)C1)CCC=C3. The summed E-state index contributed by atoms with van der Waals surface area (Å²) in [5.74, 6) is 0. The maximum absolute atomic E-state index is 11.9. The van der Waals surface area contributed by atoms with E-state index in [-0.39, 0.29) is 0 Å². The molecular weight excluding hydrogens is 234 g/mol. The van der Waals surface area contributed by atoms with Crippen LogP contribution in [0, 0.1) is 5.21 Å². The molecule has 0 bridgehead atoms. The van der Waals surface area contributed by atoms with Crippen molar-refractivity contribution in [3.05, 3.63) is 75.2 Å². The zero-order chi connectivity index (χ0) is 12.8. The highest BCUT2D eigenvalue weighted by molar-refractivity contribution is 5.69. The first-order valence-corrected chi connectivity index (χ1v) is 6.97. The van der Waals surface area contributed by atoms with Gasteiger partial charge >= 0.3 is 0 Å². The van der Waals surface area contributed by atoms with Crippen LogP contribution < -0.4 is 0 Å². The van der Waals surface area contributed by atoms with E-state index in [0.717, 1.165) is 36.3 Å².